The van der Waals surface area contributed by atoms with Crippen LogP contribution in [0, 0.1) is 12.8 Å². The van der Waals surface area contributed by atoms with Crippen molar-refractivity contribution in [3.05, 3.63) is 51.4 Å². The van der Waals surface area contributed by atoms with Gasteiger partial charge >= 0.3 is 0 Å². The largest absolute Gasteiger partial charge is 0.350 e. The van der Waals surface area contributed by atoms with E-state index in [1.165, 1.54) is 11.3 Å². The number of carbonyl (C=O) groups is 2. The van der Waals surface area contributed by atoms with Crippen LogP contribution < -0.4 is 16.4 Å². The van der Waals surface area contributed by atoms with Gasteiger partial charge in [-0.1, -0.05) is 23.7 Å². The SMILES string of the molecule is Cc1cc(NC(=O)c2ccccc2Cl)sc1C(=O)NCC(N)C1CC1. The van der Waals surface area contributed by atoms with Gasteiger partial charge in [0.15, 0.2) is 0 Å². The number of rotatable bonds is 6. The second-order valence-electron chi connectivity index (χ2n) is 6.27. The Morgan fingerprint density at radius 1 is 1.32 bits per heavy atom. The average Bonchev–Trinajstić information content (AvgIpc) is 3.36. The summed E-state index contributed by atoms with van der Waals surface area (Å²) in [7, 11) is 0. The highest BCUT2D eigenvalue weighted by Gasteiger charge is 2.28. The first-order valence-electron chi connectivity index (χ1n) is 8.16. The summed E-state index contributed by atoms with van der Waals surface area (Å²) >= 11 is 7.28. The minimum absolute atomic E-state index is 0.0172. The zero-order valence-electron chi connectivity index (χ0n) is 13.8. The van der Waals surface area contributed by atoms with E-state index < -0.39 is 0 Å². The smallest absolute Gasteiger partial charge is 0.261 e. The van der Waals surface area contributed by atoms with Gasteiger partial charge in [0, 0.05) is 12.6 Å². The molecule has 0 radical (unpaired) electrons. The maximum atomic E-state index is 12.3. The molecule has 1 aromatic carbocycles. The van der Waals surface area contributed by atoms with Gasteiger partial charge in [-0.3, -0.25) is 9.59 Å². The van der Waals surface area contributed by atoms with Crippen LogP contribution in [-0.2, 0) is 0 Å². The molecule has 132 valence electrons. The first kappa shape index (κ1) is 17.9. The lowest BCUT2D eigenvalue weighted by atomic mass is 10.2. The summed E-state index contributed by atoms with van der Waals surface area (Å²) in [5.74, 6) is 0.0848. The minimum atomic E-state index is -0.297. The topological polar surface area (TPSA) is 84.2 Å². The molecule has 0 saturated heterocycles. The van der Waals surface area contributed by atoms with E-state index in [4.69, 9.17) is 17.3 Å². The zero-order valence-corrected chi connectivity index (χ0v) is 15.4. The van der Waals surface area contributed by atoms with Crippen LogP contribution in [0.15, 0.2) is 30.3 Å². The van der Waals surface area contributed by atoms with E-state index in [9.17, 15) is 9.59 Å². The Hall–Kier alpha value is -1.89. The van der Waals surface area contributed by atoms with Gasteiger partial charge < -0.3 is 16.4 Å². The first-order valence-corrected chi connectivity index (χ1v) is 9.35. The van der Waals surface area contributed by atoms with Crippen molar-refractivity contribution in [2.45, 2.75) is 25.8 Å². The van der Waals surface area contributed by atoms with E-state index in [0.717, 1.165) is 18.4 Å². The highest BCUT2D eigenvalue weighted by molar-refractivity contribution is 7.18. The highest BCUT2D eigenvalue weighted by Crippen LogP contribution is 2.31. The summed E-state index contributed by atoms with van der Waals surface area (Å²) in [6, 6.07) is 8.65. The van der Waals surface area contributed by atoms with Gasteiger partial charge in [-0.2, -0.15) is 0 Å². The van der Waals surface area contributed by atoms with Crippen LogP contribution in [0.5, 0.6) is 0 Å². The third-order valence-corrected chi connectivity index (χ3v) is 5.69. The molecule has 1 atom stereocenters. The van der Waals surface area contributed by atoms with Crippen molar-refractivity contribution in [2.24, 2.45) is 11.7 Å². The first-order chi connectivity index (χ1) is 12.0. The number of amides is 2. The zero-order chi connectivity index (χ0) is 18.0. The summed E-state index contributed by atoms with van der Waals surface area (Å²) < 4.78 is 0. The summed E-state index contributed by atoms with van der Waals surface area (Å²) in [4.78, 5) is 25.2. The van der Waals surface area contributed by atoms with Gasteiger partial charge in [0.2, 0.25) is 0 Å². The molecule has 3 rings (SSSR count). The molecule has 2 aromatic rings. The van der Waals surface area contributed by atoms with Crippen molar-refractivity contribution in [3.63, 3.8) is 0 Å². The molecule has 25 heavy (non-hydrogen) atoms. The molecule has 0 bridgehead atoms. The number of aryl methyl sites for hydroxylation is 1. The number of nitrogens with one attached hydrogen (secondary N) is 2. The molecule has 4 N–H and O–H groups in total. The molecule has 1 saturated carbocycles. The number of thiophene rings is 1. The van der Waals surface area contributed by atoms with Crippen molar-refractivity contribution in [1.29, 1.82) is 0 Å². The standard InChI is InChI=1S/C18H20ClN3O2S/c1-10-8-15(22-17(23)12-4-2-3-5-13(12)19)25-16(10)18(24)21-9-14(20)11-6-7-11/h2-5,8,11,14H,6-7,9,20H2,1H3,(H,21,24)(H,22,23). The maximum Gasteiger partial charge on any atom is 0.261 e. The van der Waals surface area contributed by atoms with Crippen LogP contribution in [0.3, 0.4) is 0 Å². The van der Waals surface area contributed by atoms with Crippen LogP contribution in [0.25, 0.3) is 0 Å². The van der Waals surface area contributed by atoms with Crippen LogP contribution in [0.4, 0.5) is 5.00 Å². The molecule has 7 heteroatoms. The van der Waals surface area contributed by atoms with Crippen LogP contribution in [-0.4, -0.2) is 24.4 Å². The summed E-state index contributed by atoms with van der Waals surface area (Å²) in [5, 5.41) is 6.68. The van der Waals surface area contributed by atoms with E-state index in [1.54, 1.807) is 30.3 Å². The van der Waals surface area contributed by atoms with Crippen molar-refractivity contribution < 1.29 is 9.59 Å². The van der Waals surface area contributed by atoms with Gasteiger partial charge in [-0.25, -0.2) is 0 Å². The normalized spacial score (nSPS) is 14.8. The van der Waals surface area contributed by atoms with Crippen molar-refractivity contribution in [3.8, 4) is 0 Å². The number of hydrogen-bond donors (Lipinski definition) is 3. The molecule has 1 fully saturated rings. The fourth-order valence-electron chi connectivity index (χ4n) is 2.58. The molecule has 1 aliphatic carbocycles. The number of hydrogen-bond acceptors (Lipinski definition) is 4. The van der Waals surface area contributed by atoms with Crippen molar-refractivity contribution in [1.82, 2.24) is 5.32 Å². The average molecular weight is 378 g/mol. The summed E-state index contributed by atoms with van der Waals surface area (Å²) in [6.45, 7) is 2.32. The Kier molecular flexibility index (Phi) is 5.42. The number of carbonyl (C=O) groups excluding carboxylic acids is 2. The Morgan fingerprint density at radius 2 is 2.04 bits per heavy atom. The molecule has 1 heterocycles. The summed E-state index contributed by atoms with van der Waals surface area (Å²) in [5.41, 5.74) is 7.23. The molecule has 1 unspecified atom stereocenters. The van der Waals surface area contributed by atoms with Gasteiger partial charge in [-0.15, -0.1) is 11.3 Å². The molecule has 2 amide bonds. The lowest BCUT2D eigenvalue weighted by Gasteiger charge is -2.11. The lowest BCUT2D eigenvalue weighted by molar-refractivity contribution is 0.0953. The van der Waals surface area contributed by atoms with Crippen LogP contribution >= 0.6 is 22.9 Å². The fourth-order valence-corrected chi connectivity index (χ4v) is 3.78. The van der Waals surface area contributed by atoms with Crippen LogP contribution in [0.2, 0.25) is 5.02 Å². The van der Waals surface area contributed by atoms with E-state index in [-0.39, 0.29) is 17.9 Å². The quantitative estimate of drug-likeness (QED) is 0.721. The van der Waals surface area contributed by atoms with Gasteiger partial charge in [-0.05, 0) is 49.4 Å². The Morgan fingerprint density at radius 3 is 2.72 bits per heavy atom. The third-order valence-electron chi connectivity index (χ3n) is 4.21. The van der Waals surface area contributed by atoms with Crippen molar-refractivity contribution >= 4 is 39.8 Å². The van der Waals surface area contributed by atoms with Gasteiger partial charge in [0.1, 0.15) is 0 Å². The second kappa shape index (κ2) is 7.56. The van der Waals surface area contributed by atoms with E-state index in [0.29, 0.717) is 32.9 Å². The van der Waals surface area contributed by atoms with Crippen LogP contribution in [0.1, 0.15) is 38.4 Å². The fraction of sp³-hybridized carbons (Fsp3) is 0.333. The number of nitrogens with two attached hydrogens (primary N) is 1. The minimum Gasteiger partial charge on any atom is -0.350 e. The molecule has 1 aliphatic rings. The number of benzene rings is 1. The third kappa shape index (κ3) is 4.39. The summed E-state index contributed by atoms with van der Waals surface area (Å²) in [6.07, 6.45) is 2.29. The second-order valence-corrected chi connectivity index (χ2v) is 7.73. The Labute approximate surface area is 155 Å². The molecule has 5 nitrogen and oxygen atoms in total. The monoisotopic (exact) mass is 377 g/mol. The molecule has 0 spiro atoms. The predicted molar refractivity (Wildman–Crippen MR) is 101 cm³/mol. The maximum absolute atomic E-state index is 12.3. The van der Waals surface area contributed by atoms with E-state index in [2.05, 4.69) is 10.6 Å². The molecular weight excluding hydrogens is 358 g/mol. The number of halogens is 1. The molecule has 0 aliphatic heterocycles. The lowest BCUT2D eigenvalue weighted by Crippen LogP contribution is -2.38. The van der Waals surface area contributed by atoms with E-state index in [1.807, 2.05) is 6.92 Å². The number of anilines is 1. The van der Waals surface area contributed by atoms with Gasteiger partial charge in [0.25, 0.3) is 11.8 Å². The van der Waals surface area contributed by atoms with Crippen molar-refractivity contribution in [2.75, 3.05) is 11.9 Å². The molecule has 1 aromatic heterocycles. The highest BCUT2D eigenvalue weighted by atomic mass is 35.5. The van der Waals surface area contributed by atoms with Gasteiger partial charge in [0.05, 0.1) is 20.5 Å². The Bertz CT molecular complexity index is 801. The Balaban J connectivity index is 1.64. The molecular formula is C18H20ClN3O2S. The predicted octanol–water partition coefficient (Wildman–Crippen LogP) is 3.43. The van der Waals surface area contributed by atoms with E-state index >= 15 is 0 Å².